The van der Waals surface area contributed by atoms with Crippen LogP contribution in [0.4, 0.5) is 13.2 Å². The van der Waals surface area contributed by atoms with E-state index in [4.69, 9.17) is 4.42 Å². The largest absolute Gasteiger partial charge is 0.468 e. The van der Waals surface area contributed by atoms with Crippen LogP contribution in [0.1, 0.15) is 24.3 Å². The monoisotopic (exact) mass is 285 g/mol. The Morgan fingerprint density at radius 1 is 1.30 bits per heavy atom. The third kappa shape index (κ3) is 3.77. The minimum absolute atomic E-state index is 0.167. The maximum atomic E-state index is 13.1. The molecule has 0 aliphatic heterocycles. The number of alkyl halides is 2. The van der Waals surface area contributed by atoms with Crippen molar-refractivity contribution in [1.29, 1.82) is 0 Å². The highest BCUT2D eigenvalue weighted by Crippen LogP contribution is 2.27. The first-order valence-corrected chi connectivity index (χ1v) is 6.06. The van der Waals surface area contributed by atoms with Crippen molar-refractivity contribution < 1.29 is 22.3 Å². The van der Waals surface area contributed by atoms with E-state index < -0.39 is 12.4 Å². The van der Waals surface area contributed by atoms with E-state index in [1.807, 2.05) is 0 Å². The van der Waals surface area contributed by atoms with Crippen molar-refractivity contribution in [2.45, 2.75) is 26.1 Å². The second-order valence-electron chi connectivity index (χ2n) is 4.24. The van der Waals surface area contributed by atoms with E-state index in [-0.39, 0.29) is 11.8 Å². The fraction of sp³-hybridized carbons (Fsp3) is 0.286. The van der Waals surface area contributed by atoms with E-state index in [0.717, 1.165) is 11.8 Å². The zero-order chi connectivity index (χ0) is 14.5. The number of ether oxygens (including phenoxy) is 1. The molecule has 0 bridgehead atoms. The average molecular weight is 285 g/mol. The molecule has 0 aliphatic carbocycles. The van der Waals surface area contributed by atoms with E-state index in [2.05, 4.69) is 10.1 Å². The van der Waals surface area contributed by atoms with Crippen LogP contribution in [-0.2, 0) is 6.54 Å². The lowest BCUT2D eigenvalue weighted by atomic mass is 10.1. The van der Waals surface area contributed by atoms with Crippen molar-refractivity contribution in [3.63, 3.8) is 0 Å². The standard InChI is InChI=1S/C14H14F3NO2/c1-9(18-8-11-3-2-6-19-11)12-5-4-10(15)7-13(12)20-14(16)17/h2-7,9,14,18H,8H2,1H3. The average Bonchev–Trinajstić information content (AvgIpc) is 2.88. The van der Waals surface area contributed by atoms with Crippen LogP contribution in [0.3, 0.4) is 0 Å². The summed E-state index contributed by atoms with van der Waals surface area (Å²) in [4.78, 5) is 0. The summed E-state index contributed by atoms with van der Waals surface area (Å²) in [6.45, 7) is -0.790. The Morgan fingerprint density at radius 2 is 2.10 bits per heavy atom. The van der Waals surface area contributed by atoms with Gasteiger partial charge in [0.05, 0.1) is 12.8 Å². The molecule has 1 aromatic heterocycles. The predicted octanol–water partition coefficient (Wildman–Crippen LogP) is 3.87. The van der Waals surface area contributed by atoms with Gasteiger partial charge in [0, 0.05) is 17.7 Å². The summed E-state index contributed by atoms with van der Waals surface area (Å²) in [6, 6.07) is 6.83. The van der Waals surface area contributed by atoms with Crippen LogP contribution in [-0.4, -0.2) is 6.61 Å². The SMILES string of the molecule is CC(NCc1ccco1)c1ccc(F)cc1OC(F)F. The predicted molar refractivity (Wildman–Crippen MR) is 67.0 cm³/mol. The molecule has 0 radical (unpaired) electrons. The first-order chi connectivity index (χ1) is 9.56. The number of furan rings is 1. The van der Waals surface area contributed by atoms with E-state index in [1.165, 1.54) is 12.1 Å². The third-order valence-corrected chi connectivity index (χ3v) is 2.82. The second-order valence-corrected chi connectivity index (χ2v) is 4.24. The first-order valence-electron chi connectivity index (χ1n) is 6.06. The third-order valence-electron chi connectivity index (χ3n) is 2.82. The van der Waals surface area contributed by atoms with Gasteiger partial charge in [-0.05, 0) is 25.1 Å². The number of rotatable bonds is 6. The van der Waals surface area contributed by atoms with Gasteiger partial charge in [0.15, 0.2) is 0 Å². The zero-order valence-corrected chi connectivity index (χ0v) is 10.8. The lowest BCUT2D eigenvalue weighted by Crippen LogP contribution is -2.19. The molecule has 1 N–H and O–H groups in total. The molecule has 3 nitrogen and oxygen atoms in total. The minimum Gasteiger partial charge on any atom is -0.468 e. The van der Waals surface area contributed by atoms with Gasteiger partial charge in [0.1, 0.15) is 17.3 Å². The van der Waals surface area contributed by atoms with Gasteiger partial charge in [0.2, 0.25) is 0 Å². The van der Waals surface area contributed by atoms with Gasteiger partial charge in [-0.2, -0.15) is 8.78 Å². The van der Waals surface area contributed by atoms with Gasteiger partial charge in [-0.15, -0.1) is 0 Å². The second kappa shape index (κ2) is 6.47. The molecular weight excluding hydrogens is 271 g/mol. The molecule has 20 heavy (non-hydrogen) atoms. The van der Waals surface area contributed by atoms with Crippen molar-refractivity contribution in [1.82, 2.24) is 5.32 Å². The molecule has 1 unspecified atom stereocenters. The molecular formula is C14H14F3NO2. The Balaban J connectivity index is 2.09. The van der Waals surface area contributed by atoms with Crippen molar-refractivity contribution in [3.05, 3.63) is 53.7 Å². The first kappa shape index (κ1) is 14.5. The van der Waals surface area contributed by atoms with Gasteiger partial charge < -0.3 is 14.5 Å². The number of halogens is 3. The van der Waals surface area contributed by atoms with Gasteiger partial charge in [-0.3, -0.25) is 0 Å². The quantitative estimate of drug-likeness (QED) is 0.875. The highest BCUT2D eigenvalue weighted by Gasteiger charge is 2.16. The Hall–Kier alpha value is -1.95. The van der Waals surface area contributed by atoms with E-state index in [0.29, 0.717) is 12.1 Å². The molecule has 108 valence electrons. The Morgan fingerprint density at radius 3 is 2.75 bits per heavy atom. The van der Waals surface area contributed by atoms with Crippen molar-refractivity contribution >= 4 is 0 Å². The molecule has 0 fully saturated rings. The van der Waals surface area contributed by atoms with Crippen molar-refractivity contribution in [2.75, 3.05) is 0 Å². The van der Waals surface area contributed by atoms with E-state index in [1.54, 1.807) is 25.3 Å². The highest BCUT2D eigenvalue weighted by molar-refractivity contribution is 5.36. The summed E-state index contributed by atoms with van der Waals surface area (Å²) in [7, 11) is 0. The van der Waals surface area contributed by atoms with E-state index in [9.17, 15) is 13.2 Å². The van der Waals surface area contributed by atoms with Crippen molar-refractivity contribution in [3.8, 4) is 5.75 Å². The van der Waals surface area contributed by atoms with Gasteiger partial charge in [0.25, 0.3) is 0 Å². The van der Waals surface area contributed by atoms with Gasteiger partial charge in [-0.1, -0.05) is 6.07 Å². The van der Waals surface area contributed by atoms with Crippen LogP contribution in [0.2, 0.25) is 0 Å². The summed E-state index contributed by atoms with van der Waals surface area (Å²) < 4.78 is 47.3. The maximum Gasteiger partial charge on any atom is 0.387 e. The smallest absolute Gasteiger partial charge is 0.387 e. The molecule has 2 rings (SSSR count). The molecule has 0 spiro atoms. The van der Waals surface area contributed by atoms with Crippen LogP contribution in [0.5, 0.6) is 5.75 Å². The van der Waals surface area contributed by atoms with Crippen LogP contribution in [0, 0.1) is 5.82 Å². The molecule has 0 aliphatic rings. The Labute approximate surface area is 114 Å². The normalized spacial score (nSPS) is 12.7. The van der Waals surface area contributed by atoms with E-state index >= 15 is 0 Å². The molecule has 0 saturated heterocycles. The zero-order valence-electron chi connectivity index (χ0n) is 10.8. The molecule has 0 saturated carbocycles. The Kier molecular flexibility index (Phi) is 4.68. The summed E-state index contributed by atoms with van der Waals surface area (Å²) in [5, 5.41) is 3.09. The lowest BCUT2D eigenvalue weighted by molar-refractivity contribution is -0.0508. The maximum absolute atomic E-state index is 13.1. The highest BCUT2D eigenvalue weighted by atomic mass is 19.3. The summed E-state index contributed by atoms with van der Waals surface area (Å²) in [5.41, 5.74) is 0.457. The van der Waals surface area contributed by atoms with Gasteiger partial charge in [-0.25, -0.2) is 4.39 Å². The lowest BCUT2D eigenvalue weighted by Gasteiger charge is -2.17. The molecule has 1 aromatic carbocycles. The summed E-state index contributed by atoms with van der Waals surface area (Å²) in [5.74, 6) is -0.0719. The molecule has 2 aromatic rings. The molecule has 6 heteroatoms. The minimum atomic E-state index is -2.99. The molecule has 1 heterocycles. The number of hydrogen-bond acceptors (Lipinski definition) is 3. The van der Waals surface area contributed by atoms with Gasteiger partial charge >= 0.3 is 6.61 Å². The number of nitrogens with one attached hydrogen (secondary N) is 1. The fourth-order valence-corrected chi connectivity index (χ4v) is 1.84. The summed E-state index contributed by atoms with van der Waals surface area (Å²) >= 11 is 0. The Bertz CT molecular complexity index is 543. The van der Waals surface area contributed by atoms with Crippen LogP contribution in [0.25, 0.3) is 0 Å². The molecule has 0 amide bonds. The molecule has 1 atom stereocenters. The summed E-state index contributed by atoms with van der Waals surface area (Å²) in [6.07, 6.45) is 1.55. The van der Waals surface area contributed by atoms with Crippen LogP contribution < -0.4 is 10.1 Å². The fourth-order valence-electron chi connectivity index (χ4n) is 1.84. The van der Waals surface area contributed by atoms with Crippen LogP contribution >= 0.6 is 0 Å². The number of hydrogen-bond donors (Lipinski definition) is 1. The number of benzene rings is 1. The van der Waals surface area contributed by atoms with Crippen LogP contribution in [0.15, 0.2) is 41.0 Å². The topological polar surface area (TPSA) is 34.4 Å². The van der Waals surface area contributed by atoms with Crippen molar-refractivity contribution in [2.24, 2.45) is 0 Å².